The maximum Gasteiger partial charge on any atom is 0.407 e. The van der Waals surface area contributed by atoms with Gasteiger partial charge in [-0.1, -0.05) is 13.8 Å². The van der Waals surface area contributed by atoms with Gasteiger partial charge in [-0.15, -0.1) is 0 Å². The lowest BCUT2D eigenvalue weighted by Gasteiger charge is -2.16. The van der Waals surface area contributed by atoms with Gasteiger partial charge in [-0.05, 0) is 38.3 Å². The van der Waals surface area contributed by atoms with E-state index in [9.17, 15) is 4.79 Å². The molecule has 0 aromatic heterocycles. The number of alkyl carbamates (subject to hydrolysis) is 1. The third-order valence-electron chi connectivity index (χ3n) is 2.45. The average Bonchev–Trinajstić information content (AvgIpc) is 2.43. The molecule has 1 rings (SSSR count). The second kappa shape index (κ2) is 6.67. The number of carbonyl (C=O) groups is 1. The van der Waals surface area contributed by atoms with Crippen molar-refractivity contribution >= 4 is 6.09 Å². The number of amides is 1. The Labute approximate surface area is 91.8 Å². The Hall–Kier alpha value is -0.770. The minimum Gasteiger partial charge on any atom is -0.449 e. The molecule has 1 aliphatic heterocycles. The molecule has 1 heterocycles. The summed E-state index contributed by atoms with van der Waals surface area (Å²) in [6.45, 7) is 6.59. The minimum absolute atomic E-state index is 0.268. The van der Waals surface area contributed by atoms with E-state index in [0.717, 1.165) is 32.4 Å². The zero-order valence-electron chi connectivity index (χ0n) is 9.71. The van der Waals surface area contributed by atoms with Crippen molar-refractivity contribution in [3.8, 4) is 0 Å². The van der Waals surface area contributed by atoms with Crippen LogP contribution in [0, 0.1) is 5.92 Å². The van der Waals surface area contributed by atoms with Crippen LogP contribution in [0.4, 0.5) is 4.79 Å². The molecule has 1 aliphatic rings. The molecule has 4 heteroatoms. The largest absolute Gasteiger partial charge is 0.449 e. The van der Waals surface area contributed by atoms with E-state index in [-0.39, 0.29) is 12.1 Å². The number of carbonyl (C=O) groups excluding carboxylic acids is 1. The fraction of sp³-hybridized carbons (Fsp3) is 0.909. The van der Waals surface area contributed by atoms with E-state index < -0.39 is 0 Å². The van der Waals surface area contributed by atoms with Gasteiger partial charge in [0.2, 0.25) is 0 Å². The molecule has 0 bridgehead atoms. The van der Waals surface area contributed by atoms with Crippen LogP contribution in [-0.4, -0.2) is 31.8 Å². The lowest BCUT2D eigenvalue weighted by atomic mass is 10.1. The second-order valence-electron chi connectivity index (χ2n) is 4.51. The summed E-state index contributed by atoms with van der Waals surface area (Å²) in [6.07, 6.45) is 2.89. The molecule has 0 aromatic rings. The van der Waals surface area contributed by atoms with Gasteiger partial charge in [0, 0.05) is 6.04 Å². The number of nitrogens with one attached hydrogen (secondary N) is 2. The van der Waals surface area contributed by atoms with Gasteiger partial charge in [-0.25, -0.2) is 4.79 Å². The summed E-state index contributed by atoms with van der Waals surface area (Å²) in [5, 5.41) is 6.22. The van der Waals surface area contributed by atoms with Gasteiger partial charge in [0.25, 0.3) is 0 Å². The fourth-order valence-corrected chi connectivity index (χ4v) is 1.61. The zero-order valence-corrected chi connectivity index (χ0v) is 9.71. The van der Waals surface area contributed by atoms with E-state index in [0.29, 0.717) is 12.5 Å². The van der Waals surface area contributed by atoms with Gasteiger partial charge in [0.1, 0.15) is 0 Å². The second-order valence-corrected chi connectivity index (χ2v) is 4.51. The van der Waals surface area contributed by atoms with Crippen LogP contribution in [0.5, 0.6) is 0 Å². The molecule has 1 atom stereocenters. The van der Waals surface area contributed by atoms with Crippen LogP contribution in [0.15, 0.2) is 0 Å². The van der Waals surface area contributed by atoms with E-state index in [4.69, 9.17) is 4.74 Å². The molecule has 1 saturated heterocycles. The highest BCUT2D eigenvalue weighted by molar-refractivity contribution is 5.67. The van der Waals surface area contributed by atoms with Crippen molar-refractivity contribution in [3.05, 3.63) is 0 Å². The van der Waals surface area contributed by atoms with Crippen LogP contribution >= 0.6 is 0 Å². The van der Waals surface area contributed by atoms with E-state index >= 15 is 0 Å². The predicted molar refractivity (Wildman–Crippen MR) is 59.8 cm³/mol. The Balaban J connectivity index is 2.17. The zero-order chi connectivity index (χ0) is 11.1. The van der Waals surface area contributed by atoms with Gasteiger partial charge >= 0.3 is 6.09 Å². The third kappa shape index (κ3) is 5.62. The summed E-state index contributed by atoms with van der Waals surface area (Å²) in [6, 6.07) is 0.277. The van der Waals surface area contributed by atoms with Crippen molar-refractivity contribution in [2.75, 3.05) is 19.7 Å². The smallest absolute Gasteiger partial charge is 0.407 e. The monoisotopic (exact) mass is 214 g/mol. The summed E-state index contributed by atoms with van der Waals surface area (Å²) >= 11 is 0. The fourth-order valence-electron chi connectivity index (χ4n) is 1.61. The van der Waals surface area contributed by atoms with Crippen LogP contribution in [-0.2, 0) is 4.74 Å². The molecule has 1 amide bonds. The summed E-state index contributed by atoms with van der Waals surface area (Å²) in [5.41, 5.74) is 0. The topological polar surface area (TPSA) is 50.4 Å². The Kier molecular flexibility index (Phi) is 5.47. The Morgan fingerprint density at radius 3 is 3.00 bits per heavy atom. The van der Waals surface area contributed by atoms with Crippen LogP contribution < -0.4 is 10.6 Å². The number of hydrogen-bond acceptors (Lipinski definition) is 3. The van der Waals surface area contributed by atoms with Crippen LogP contribution in [0.3, 0.4) is 0 Å². The van der Waals surface area contributed by atoms with Crippen LogP contribution in [0.2, 0.25) is 0 Å². The molecule has 0 saturated carbocycles. The van der Waals surface area contributed by atoms with Crippen molar-refractivity contribution in [3.63, 3.8) is 0 Å². The number of rotatable bonds is 3. The molecule has 0 radical (unpaired) electrons. The SMILES string of the molecule is CC(C)COC(=O)NC1CCCNCC1. The van der Waals surface area contributed by atoms with Crippen LogP contribution in [0.25, 0.3) is 0 Å². The first kappa shape index (κ1) is 12.3. The van der Waals surface area contributed by atoms with E-state index in [1.165, 1.54) is 0 Å². The highest BCUT2D eigenvalue weighted by atomic mass is 16.5. The Morgan fingerprint density at radius 1 is 1.47 bits per heavy atom. The molecule has 4 nitrogen and oxygen atoms in total. The molecule has 0 aromatic carbocycles. The summed E-state index contributed by atoms with van der Waals surface area (Å²) < 4.78 is 5.08. The highest BCUT2D eigenvalue weighted by Gasteiger charge is 2.14. The lowest BCUT2D eigenvalue weighted by Crippen LogP contribution is -2.36. The normalized spacial score (nSPS) is 22.2. The molecular weight excluding hydrogens is 192 g/mol. The average molecular weight is 214 g/mol. The van der Waals surface area contributed by atoms with Gasteiger partial charge in [-0.3, -0.25) is 0 Å². The van der Waals surface area contributed by atoms with Gasteiger partial charge < -0.3 is 15.4 Å². The third-order valence-corrected chi connectivity index (χ3v) is 2.45. The van der Waals surface area contributed by atoms with Crippen molar-refractivity contribution in [1.82, 2.24) is 10.6 Å². The maximum atomic E-state index is 11.4. The van der Waals surface area contributed by atoms with Gasteiger partial charge in [0.15, 0.2) is 0 Å². The maximum absolute atomic E-state index is 11.4. The van der Waals surface area contributed by atoms with Gasteiger partial charge in [-0.2, -0.15) is 0 Å². The molecule has 0 spiro atoms. The van der Waals surface area contributed by atoms with Crippen molar-refractivity contribution in [2.24, 2.45) is 5.92 Å². The Morgan fingerprint density at radius 2 is 2.27 bits per heavy atom. The number of ether oxygens (including phenoxy) is 1. The summed E-state index contributed by atoms with van der Waals surface area (Å²) in [4.78, 5) is 11.4. The molecule has 0 aliphatic carbocycles. The van der Waals surface area contributed by atoms with E-state index in [1.54, 1.807) is 0 Å². The lowest BCUT2D eigenvalue weighted by molar-refractivity contribution is 0.128. The van der Waals surface area contributed by atoms with Crippen molar-refractivity contribution < 1.29 is 9.53 Å². The van der Waals surface area contributed by atoms with Crippen molar-refractivity contribution in [2.45, 2.75) is 39.2 Å². The molecule has 88 valence electrons. The Bertz CT molecular complexity index is 187. The van der Waals surface area contributed by atoms with Gasteiger partial charge in [0.05, 0.1) is 6.61 Å². The summed E-state index contributed by atoms with van der Waals surface area (Å²) in [5.74, 6) is 0.395. The molecule has 2 N–H and O–H groups in total. The molecule has 1 fully saturated rings. The molecular formula is C11H22N2O2. The molecule has 15 heavy (non-hydrogen) atoms. The van der Waals surface area contributed by atoms with E-state index in [1.807, 2.05) is 13.8 Å². The van der Waals surface area contributed by atoms with Crippen molar-refractivity contribution in [1.29, 1.82) is 0 Å². The first-order valence-corrected chi connectivity index (χ1v) is 5.82. The quantitative estimate of drug-likeness (QED) is 0.748. The summed E-state index contributed by atoms with van der Waals surface area (Å²) in [7, 11) is 0. The first-order valence-electron chi connectivity index (χ1n) is 5.82. The predicted octanol–water partition coefficient (Wildman–Crippen LogP) is 1.51. The number of hydrogen-bond donors (Lipinski definition) is 2. The standard InChI is InChI=1S/C11H22N2O2/c1-9(2)8-15-11(14)13-10-4-3-6-12-7-5-10/h9-10,12H,3-8H2,1-2H3,(H,13,14). The molecule has 1 unspecified atom stereocenters. The van der Waals surface area contributed by atoms with Crippen LogP contribution in [0.1, 0.15) is 33.1 Å². The first-order chi connectivity index (χ1) is 7.18. The minimum atomic E-state index is -0.268. The van der Waals surface area contributed by atoms with E-state index in [2.05, 4.69) is 10.6 Å². The highest BCUT2D eigenvalue weighted by Crippen LogP contribution is 2.05.